The first-order valence-electron chi connectivity index (χ1n) is 17.9. The third-order valence-corrected chi connectivity index (χ3v) is 9.39. The van der Waals surface area contributed by atoms with Crippen LogP contribution in [-0.2, 0) is 0 Å². The van der Waals surface area contributed by atoms with Gasteiger partial charge in [0.2, 0.25) is 0 Å². The second-order valence-corrected chi connectivity index (χ2v) is 13.0. The zero-order valence-corrected chi connectivity index (χ0v) is 29.3. The zero-order valence-electron chi connectivity index (χ0n) is 29.3. The van der Waals surface area contributed by atoms with Crippen LogP contribution in [0.5, 0.6) is 0 Å². The maximum Gasteiger partial charge on any atom is 0.164 e. The van der Waals surface area contributed by atoms with E-state index in [9.17, 15) is 0 Å². The lowest BCUT2D eigenvalue weighted by Crippen LogP contribution is -2.00. The van der Waals surface area contributed by atoms with Crippen LogP contribution in [0.15, 0.2) is 200 Å². The molecular weight excluding hydrogens is 659 g/mol. The van der Waals surface area contributed by atoms with E-state index in [1.54, 1.807) is 0 Å². The van der Waals surface area contributed by atoms with E-state index in [2.05, 4.69) is 91.0 Å². The van der Waals surface area contributed by atoms with Crippen LogP contribution < -0.4 is 0 Å². The van der Waals surface area contributed by atoms with Gasteiger partial charge >= 0.3 is 0 Å². The van der Waals surface area contributed by atoms with Crippen molar-refractivity contribution < 1.29 is 0 Å². The summed E-state index contributed by atoms with van der Waals surface area (Å²) in [5.41, 5.74) is 13.0. The maximum atomic E-state index is 5.19. The molecule has 0 N–H and O–H groups in total. The number of hydrogen-bond donors (Lipinski definition) is 0. The molecule has 0 radical (unpaired) electrons. The summed E-state index contributed by atoms with van der Waals surface area (Å²) in [6, 6.07) is 64.3. The molecule has 9 aromatic rings. The molecule has 9 rings (SSSR count). The first-order valence-corrected chi connectivity index (χ1v) is 17.9. The minimum Gasteiger partial charge on any atom is -0.263 e. The quantitative estimate of drug-likeness (QED) is 0.159. The van der Waals surface area contributed by atoms with Crippen LogP contribution in [0.2, 0.25) is 0 Å². The largest absolute Gasteiger partial charge is 0.263 e. The smallest absolute Gasteiger partial charge is 0.164 e. The van der Waals surface area contributed by atoms with Crippen LogP contribution in [0, 0.1) is 0 Å². The number of rotatable bonds is 8. The second-order valence-electron chi connectivity index (χ2n) is 13.0. The summed E-state index contributed by atoms with van der Waals surface area (Å²) >= 11 is 0. The average Bonchev–Trinajstić information content (AvgIpc) is 3.27. The summed E-state index contributed by atoms with van der Waals surface area (Å²) in [6.45, 7) is 0. The Bertz CT molecular complexity index is 2640. The Morgan fingerprint density at radius 1 is 0.222 bits per heavy atom. The van der Waals surface area contributed by atoms with E-state index in [-0.39, 0.29) is 0 Å². The first-order chi connectivity index (χ1) is 26.7. The highest BCUT2D eigenvalue weighted by atomic mass is 15.0. The van der Waals surface area contributed by atoms with Crippen molar-refractivity contribution in [2.75, 3.05) is 0 Å². The molecule has 0 saturated heterocycles. The molecule has 54 heavy (non-hydrogen) atoms. The zero-order chi connectivity index (χ0) is 36.1. The van der Waals surface area contributed by atoms with Crippen LogP contribution in [0.3, 0.4) is 0 Å². The van der Waals surface area contributed by atoms with Crippen molar-refractivity contribution in [2.45, 2.75) is 0 Å². The average molecular weight is 692 g/mol. The van der Waals surface area contributed by atoms with Gasteiger partial charge in [0.25, 0.3) is 0 Å². The van der Waals surface area contributed by atoms with E-state index in [1.165, 1.54) is 11.1 Å². The number of benzene rings is 6. The number of nitrogens with zero attached hydrogens (tertiary/aromatic N) is 5. The molecule has 254 valence electrons. The van der Waals surface area contributed by atoms with E-state index in [1.807, 2.05) is 109 Å². The van der Waals surface area contributed by atoms with Gasteiger partial charge in [-0.3, -0.25) is 4.98 Å². The summed E-state index contributed by atoms with van der Waals surface area (Å²) in [7, 11) is 0. The van der Waals surface area contributed by atoms with Crippen molar-refractivity contribution in [3.05, 3.63) is 200 Å². The third-order valence-electron chi connectivity index (χ3n) is 9.39. The minimum absolute atomic E-state index is 0.605. The number of pyridine rings is 2. The highest BCUT2D eigenvalue weighted by Gasteiger charge is 2.15. The summed E-state index contributed by atoms with van der Waals surface area (Å²) < 4.78 is 0. The van der Waals surface area contributed by atoms with E-state index >= 15 is 0 Å². The van der Waals surface area contributed by atoms with Crippen LogP contribution >= 0.6 is 0 Å². The molecular formula is C49H33N5. The third kappa shape index (κ3) is 6.94. The normalized spacial score (nSPS) is 11.0. The van der Waals surface area contributed by atoms with Crippen LogP contribution in [-0.4, -0.2) is 24.9 Å². The fourth-order valence-electron chi connectivity index (χ4n) is 6.62. The SMILES string of the molecule is c1ccc(-c2cccc(-c3cc(-c4ccccc4)nc(-c4cncc(-c5cccc(-c6nc(-c7ccccc7)nc(-c7ccccc7)n6)c5)c4)c3)c2)cc1. The fourth-order valence-corrected chi connectivity index (χ4v) is 6.62. The molecule has 0 saturated carbocycles. The van der Waals surface area contributed by atoms with Gasteiger partial charge in [-0.05, 0) is 58.1 Å². The lowest BCUT2D eigenvalue weighted by Gasteiger charge is -2.12. The van der Waals surface area contributed by atoms with E-state index < -0.39 is 0 Å². The summed E-state index contributed by atoms with van der Waals surface area (Å²) in [6.07, 6.45) is 3.78. The summed E-state index contributed by atoms with van der Waals surface area (Å²) in [5, 5.41) is 0. The molecule has 0 atom stereocenters. The van der Waals surface area contributed by atoms with Crippen LogP contribution in [0.25, 0.3) is 90.1 Å². The molecule has 0 fully saturated rings. The number of aromatic nitrogens is 5. The molecule has 0 spiro atoms. The lowest BCUT2D eigenvalue weighted by atomic mass is 9.96. The Morgan fingerprint density at radius 2 is 0.593 bits per heavy atom. The van der Waals surface area contributed by atoms with Crippen LogP contribution in [0.1, 0.15) is 0 Å². The van der Waals surface area contributed by atoms with Crippen LogP contribution in [0.4, 0.5) is 0 Å². The van der Waals surface area contributed by atoms with E-state index in [4.69, 9.17) is 24.9 Å². The fraction of sp³-hybridized carbons (Fsp3) is 0. The van der Waals surface area contributed by atoms with Crippen molar-refractivity contribution in [3.63, 3.8) is 0 Å². The van der Waals surface area contributed by atoms with Crippen molar-refractivity contribution in [1.29, 1.82) is 0 Å². The van der Waals surface area contributed by atoms with E-state index in [0.29, 0.717) is 17.5 Å². The highest BCUT2D eigenvalue weighted by molar-refractivity contribution is 5.81. The molecule has 0 amide bonds. The molecule has 3 aromatic heterocycles. The van der Waals surface area contributed by atoms with Gasteiger partial charge in [0.05, 0.1) is 11.4 Å². The molecule has 5 heteroatoms. The Kier molecular flexibility index (Phi) is 8.86. The Morgan fingerprint density at radius 3 is 1.17 bits per heavy atom. The standard InChI is InChI=1S/C49H33N5/c1-5-15-34(16-6-1)38-23-13-24-39(27-38)42-30-45(35-17-7-2-8-18-35)51-46(31-42)44-29-43(32-50-33-44)40-25-14-26-41(28-40)49-53-47(36-19-9-3-10-20-36)52-48(54-49)37-21-11-4-12-22-37/h1-33H. The molecule has 0 bridgehead atoms. The van der Waals surface area contributed by atoms with Crippen molar-refractivity contribution in [1.82, 2.24) is 24.9 Å². The number of hydrogen-bond acceptors (Lipinski definition) is 5. The predicted molar refractivity (Wildman–Crippen MR) is 219 cm³/mol. The molecule has 6 aromatic carbocycles. The van der Waals surface area contributed by atoms with Gasteiger partial charge in [-0.25, -0.2) is 19.9 Å². The highest BCUT2D eigenvalue weighted by Crippen LogP contribution is 2.34. The Balaban J connectivity index is 1.12. The van der Waals surface area contributed by atoms with Gasteiger partial charge < -0.3 is 0 Å². The van der Waals surface area contributed by atoms with E-state index in [0.717, 1.165) is 61.5 Å². The maximum absolute atomic E-state index is 5.19. The second kappa shape index (κ2) is 14.7. The Hall–Kier alpha value is -7.37. The molecule has 0 aliphatic heterocycles. The molecule has 0 aliphatic carbocycles. The van der Waals surface area contributed by atoms with Gasteiger partial charge in [-0.15, -0.1) is 0 Å². The molecule has 0 aliphatic rings. The van der Waals surface area contributed by atoms with Crippen molar-refractivity contribution in [2.24, 2.45) is 0 Å². The summed E-state index contributed by atoms with van der Waals surface area (Å²) in [5.74, 6) is 1.86. The van der Waals surface area contributed by atoms with Gasteiger partial charge in [0, 0.05) is 45.8 Å². The first kappa shape index (κ1) is 32.5. The Labute approximate surface area is 314 Å². The van der Waals surface area contributed by atoms with Gasteiger partial charge in [-0.2, -0.15) is 0 Å². The monoisotopic (exact) mass is 691 g/mol. The van der Waals surface area contributed by atoms with Crippen molar-refractivity contribution >= 4 is 0 Å². The molecule has 3 heterocycles. The minimum atomic E-state index is 0.605. The molecule has 0 unspecified atom stereocenters. The molecule has 5 nitrogen and oxygen atoms in total. The van der Waals surface area contributed by atoms with Gasteiger partial charge in [0.1, 0.15) is 0 Å². The van der Waals surface area contributed by atoms with Gasteiger partial charge in [-0.1, -0.05) is 158 Å². The van der Waals surface area contributed by atoms with Crippen molar-refractivity contribution in [3.8, 4) is 90.1 Å². The summed E-state index contributed by atoms with van der Waals surface area (Å²) in [4.78, 5) is 24.7. The predicted octanol–water partition coefficient (Wildman–Crippen LogP) is 12.0. The van der Waals surface area contributed by atoms with Gasteiger partial charge in [0.15, 0.2) is 17.5 Å². The lowest BCUT2D eigenvalue weighted by molar-refractivity contribution is 1.07. The topological polar surface area (TPSA) is 64.5 Å².